The molecule has 0 radical (unpaired) electrons. The monoisotopic (exact) mass is 359 g/mol. The van der Waals surface area contributed by atoms with Crippen molar-refractivity contribution in [2.75, 3.05) is 0 Å². The van der Waals surface area contributed by atoms with E-state index in [1.54, 1.807) is 23.5 Å². The first-order valence-corrected chi connectivity index (χ1v) is 8.83. The van der Waals surface area contributed by atoms with Crippen molar-refractivity contribution in [2.45, 2.75) is 25.7 Å². The van der Waals surface area contributed by atoms with Crippen molar-refractivity contribution in [1.82, 2.24) is 9.55 Å². The van der Waals surface area contributed by atoms with Gasteiger partial charge in [0.15, 0.2) is 4.77 Å². The van der Waals surface area contributed by atoms with E-state index in [2.05, 4.69) is 4.98 Å². The fourth-order valence-electron chi connectivity index (χ4n) is 3.22. The third kappa shape index (κ3) is 2.30. The SMILES string of the molecule is O=c1c2c3c(sc2[nH]c(=S)n1-c1cccc([N+](=O)[O-])c1)CCCC3. The number of non-ortho nitro benzene ring substituents is 1. The van der Waals surface area contributed by atoms with Gasteiger partial charge in [0.25, 0.3) is 11.2 Å². The molecule has 2 aromatic heterocycles. The number of benzene rings is 1. The maximum absolute atomic E-state index is 13.1. The van der Waals surface area contributed by atoms with Crippen molar-refractivity contribution < 1.29 is 4.92 Å². The summed E-state index contributed by atoms with van der Waals surface area (Å²) in [6.45, 7) is 0. The molecule has 6 nitrogen and oxygen atoms in total. The van der Waals surface area contributed by atoms with Gasteiger partial charge in [0, 0.05) is 17.0 Å². The minimum Gasteiger partial charge on any atom is -0.323 e. The van der Waals surface area contributed by atoms with E-state index in [9.17, 15) is 14.9 Å². The number of hydrogen-bond acceptors (Lipinski definition) is 5. The van der Waals surface area contributed by atoms with Crippen molar-refractivity contribution in [3.05, 3.63) is 59.9 Å². The zero-order valence-corrected chi connectivity index (χ0v) is 14.2. The standard InChI is InChI=1S/C16H13N3O3S2/c20-15-13-11-6-1-2-7-12(11)24-14(13)17-16(23)18(15)9-4-3-5-10(8-9)19(21)22/h3-5,8H,1-2,6-7H2,(H,17,23). The van der Waals surface area contributed by atoms with E-state index >= 15 is 0 Å². The van der Waals surface area contributed by atoms with E-state index in [1.807, 2.05) is 0 Å². The number of hydrogen-bond donors (Lipinski definition) is 1. The molecule has 1 N–H and O–H groups in total. The number of fused-ring (bicyclic) bond motifs is 3. The lowest BCUT2D eigenvalue weighted by molar-refractivity contribution is -0.384. The van der Waals surface area contributed by atoms with Crippen LogP contribution in [0.15, 0.2) is 29.1 Å². The lowest BCUT2D eigenvalue weighted by atomic mass is 9.97. The third-order valence-corrected chi connectivity index (χ3v) is 5.80. The minimum absolute atomic E-state index is 0.0683. The van der Waals surface area contributed by atoms with Crippen LogP contribution in [0.5, 0.6) is 0 Å². The summed E-state index contributed by atoms with van der Waals surface area (Å²) in [5.74, 6) is 0. The molecule has 0 atom stereocenters. The molecule has 0 unspecified atom stereocenters. The summed E-state index contributed by atoms with van der Waals surface area (Å²) in [5.41, 5.74) is 1.25. The number of thiophene rings is 1. The summed E-state index contributed by atoms with van der Waals surface area (Å²) in [7, 11) is 0. The molecule has 1 aliphatic rings. The van der Waals surface area contributed by atoms with Crippen molar-refractivity contribution in [3.63, 3.8) is 0 Å². The summed E-state index contributed by atoms with van der Waals surface area (Å²) in [4.78, 5) is 28.8. The molecule has 0 aliphatic heterocycles. The molecule has 3 aromatic rings. The molecule has 24 heavy (non-hydrogen) atoms. The van der Waals surface area contributed by atoms with Crippen LogP contribution in [0, 0.1) is 14.9 Å². The number of nitrogens with one attached hydrogen (secondary N) is 1. The molecule has 0 bridgehead atoms. The summed E-state index contributed by atoms with van der Waals surface area (Å²) >= 11 is 6.94. The Labute approximate surface area is 145 Å². The van der Waals surface area contributed by atoms with Crippen LogP contribution in [0.25, 0.3) is 15.9 Å². The Morgan fingerprint density at radius 2 is 2.08 bits per heavy atom. The van der Waals surface area contributed by atoms with E-state index in [4.69, 9.17) is 12.2 Å². The molecule has 1 aliphatic carbocycles. The van der Waals surface area contributed by atoms with Gasteiger partial charge in [-0.25, -0.2) is 0 Å². The van der Waals surface area contributed by atoms with E-state index in [0.29, 0.717) is 11.1 Å². The Balaban J connectivity index is 2.03. The predicted octanol–water partition coefficient (Wildman–Crippen LogP) is 3.90. The van der Waals surface area contributed by atoms with Crippen LogP contribution >= 0.6 is 23.6 Å². The number of nitrogens with zero attached hydrogens (tertiary/aromatic N) is 2. The van der Waals surface area contributed by atoms with Crippen LogP contribution in [-0.2, 0) is 12.8 Å². The Bertz CT molecular complexity index is 1090. The molecule has 0 fully saturated rings. The van der Waals surface area contributed by atoms with Crippen molar-refractivity contribution in [2.24, 2.45) is 0 Å². The Kier molecular flexibility index (Phi) is 3.58. The van der Waals surface area contributed by atoms with Gasteiger partial charge in [-0.05, 0) is 49.5 Å². The molecule has 1 aromatic carbocycles. The lowest BCUT2D eigenvalue weighted by Gasteiger charge is -2.11. The van der Waals surface area contributed by atoms with E-state index in [1.165, 1.54) is 21.6 Å². The molecule has 0 spiro atoms. The average molecular weight is 359 g/mol. The highest BCUT2D eigenvalue weighted by atomic mass is 32.1. The summed E-state index contributed by atoms with van der Waals surface area (Å²) < 4.78 is 1.61. The van der Waals surface area contributed by atoms with E-state index in [-0.39, 0.29) is 16.0 Å². The normalized spacial score (nSPS) is 13.8. The number of nitro groups is 1. The molecule has 122 valence electrons. The minimum atomic E-state index is -0.480. The van der Waals surface area contributed by atoms with Crippen LogP contribution < -0.4 is 5.56 Å². The van der Waals surface area contributed by atoms with Gasteiger partial charge in [0.2, 0.25) is 0 Å². The highest BCUT2D eigenvalue weighted by Crippen LogP contribution is 2.33. The van der Waals surface area contributed by atoms with Crippen LogP contribution in [0.1, 0.15) is 23.3 Å². The zero-order chi connectivity index (χ0) is 16.8. The number of aryl methyl sites for hydroxylation is 2. The van der Waals surface area contributed by atoms with Gasteiger partial charge in [-0.2, -0.15) is 0 Å². The Morgan fingerprint density at radius 1 is 1.29 bits per heavy atom. The number of nitro benzene ring substituents is 1. The highest BCUT2D eigenvalue weighted by Gasteiger charge is 2.21. The topological polar surface area (TPSA) is 80.9 Å². The van der Waals surface area contributed by atoms with Gasteiger partial charge in [-0.3, -0.25) is 19.5 Å². The summed E-state index contributed by atoms with van der Waals surface area (Å²) in [6, 6.07) is 5.98. The second-order valence-electron chi connectivity index (χ2n) is 5.76. The van der Waals surface area contributed by atoms with E-state index in [0.717, 1.165) is 36.1 Å². The van der Waals surface area contributed by atoms with Crippen LogP contribution in [-0.4, -0.2) is 14.5 Å². The number of H-pyrrole nitrogens is 1. The van der Waals surface area contributed by atoms with Gasteiger partial charge >= 0.3 is 0 Å². The van der Waals surface area contributed by atoms with Crippen LogP contribution in [0.3, 0.4) is 0 Å². The smallest absolute Gasteiger partial charge is 0.271 e. The second kappa shape index (κ2) is 5.64. The molecule has 4 rings (SSSR count). The summed E-state index contributed by atoms with van der Waals surface area (Å²) in [6.07, 6.45) is 4.10. The third-order valence-electron chi connectivity index (χ3n) is 4.31. The van der Waals surface area contributed by atoms with Gasteiger partial charge in [0.1, 0.15) is 4.83 Å². The van der Waals surface area contributed by atoms with Gasteiger partial charge in [0.05, 0.1) is 16.0 Å². The van der Waals surface area contributed by atoms with Gasteiger partial charge < -0.3 is 4.98 Å². The first-order chi connectivity index (χ1) is 11.6. The first kappa shape index (κ1) is 15.2. The van der Waals surface area contributed by atoms with Crippen molar-refractivity contribution in [1.29, 1.82) is 0 Å². The average Bonchev–Trinajstić information content (AvgIpc) is 2.93. The highest BCUT2D eigenvalue weighted by molar-refractivity contribution is 7.71. The Morgan fingerprint density at radius 3 is 2.88 bits per heavy atom. The number of rotatable bonds is 2. The predicted molar refractivity (Wildman–Crippen MR) is 95.9 cm³/mol. The Hall–Kier alpha value is -2.32. The molecule has 0 saturated carbocycles. The molecule has 8 heteroatoms. The van der Waals surface area contributed by atoms with Crippen molar-refractivity contribution >= 4 is 39.5 Å². The fourth-order valence-corrected chi connectivity index (χ4v) is 4.85. The largest absolute Gasteiger partial charge is 0.323 e. The maximum atomic E-state index is 13.1. The molecule has 0 saturated heterocycles. The quantitative estimate of drug-likeness (QED) is 0.427. The number of aromatic amines is 1. The zero-order valence-electron chi connectivity index (χ0n) is 12.6. The molecule has 0 amide bonds. The van der Waals surface area contributed by atoms with Crippen LogP contribution in [0.2, 0.25) is 0 Å². The maximum Gasteiger partial charge on any atom is 0.271 e. The van der Waals surface area contributed by atoms with Gasteiger partial charge in [-0.1, -0.05) is 6.07 Å². The molecule has 2 heterocycles. The lowest BCUT2D eigenvalue weighted by Crippen LogP contribution is -2.21. The summed E-state index contributed by atoms with van der Waals surface area (Å²) in [5, 5.41) is 11.7. The number of aromatic nitrogens is 2. The molecular formula is C16H13N3O3S2. The first-order valence-electron chi connectivity index (χ1n) is 7.60. The van der Waals surface area contributed by atoms with Crippen LogP contribution in [0.4, 0.5) is 5.69 Å². The van der Waals surface area contributed by atoms with Gasteiger partial charge in [-0.15, -0.1) is 11.3 Å². The second-order valence-corrected chi connectivity index (χ2v) is 7.25. The fraction of sp³-hybridized carbons (Fsp3) is 0.250. The van der Waals surface area contributed by atoms with E-state index < -0.39 is 4.92 Å². The van der Waals surface area contributed by atoms with Crippen molar-refractivity contribution in [3.8, 4) is 5.69 Å². The molecular weight excluding hydrogens is 346 g/mol.